The topological polar surface area (TPSA) is 94.6 Å². The van der Waals surface area contributed by atoms with E-state index in [-0.39, 0.29) is 34.2 Å². The van der Waals surface area contributed by atoms with Crippen LogP contribution in [0.25, 0.3) is 0 Å². The summed E-state index contributed by atoms with van der Waals surface area (Å²) in [4.78, 5) is 33.3. The van der Waals surface area contributed by atoms with Crippen LogP contribution in [0.2, 0.25) is 5.02 Å². The molecule has 6 nitrogen and oxygen atoms in total. The number of methoxy groups -OCH3 is 1. The number of thioether (sulfide) groups is 1. The molecule has 1 aliphatic heterocycles. The van der Waals surface area contributed by atoms with Crippen LogP contribution >= 0.6 is 23.4 Å². The number of hydrogen-bond donors (Lipinski definition) is 1. The Morgan fingerprint density at radius 3 is 2.74 bits per heavy atom. The lowest BCUT2D eigenvalue weighted by molar-refractivity contribution is -0.141. The average molecular weight is 466 g/mol. The molecular formula is C21H18ClF2N3O3S. The first-order valence-corrected chi connectivity index (χ1v) is 10.6. The summed E-state index contributed by atoms with van der Waals surface area (Å²) in [7, 11) is 1.27. The van der Waals surface area contributed by atoms with Crippen LogP contribution in [0.1, 0.15) is 35.0 Å². The predicted octanol–water partition coefficient (Wildman–Crippen LogP) is 3.65. The molecule has 1 aromatic carbocycles. The summed E-state index contributed by atoms with van der Waals surface area (Å²) in [6.07, 6.45) is 1.50. The van der Waals surface area contributed by atoms with E-state index in [1.54, 1.807) is 6.92 Å². The molecule has 4 rings (SSSR count). The van der Waals surface area contributed by atoms with E-state index in [1.165, 1.54) is 31.5 Å². The smallest absolute Gasteiger partial charge is 0.322 e. The van der Waals surface area contributed by atoms with Gasteiger partial charge in [0.2, 0.25) is 0 Å². The van der Waals surface area contributed by atoms with Crippen LogP contribution in [0.4, 0.5) is 8.78 Å². The number of nitrogens with two attached hydrogens (primary N) is 1. The minimum Gasteiger partial charge on any atom is -0.468 e. The van der Waals surface area contributed by atoms with E-state index in [4.69, 9.17) is 22.1 Å². The first-order valence-electron chi connectivity index (χ1n) is 9.36. The van der Waals surface area contributed by atoms with Crippen LogP contribution in [0.15, 0.2) is 35.5 Å². The Hall–Kier alpha value is -2.52. The third-order valence-electron chi connectivity index (χ3n) is 5.76. The Morgan fingerprint density at radius 2 is 2.10 bits per heavy atom. The lowest BCUT2D eigenvalue weighted by Crippen LogP contribution is -2.40. The summed E-state index contributed by atoms with van der Waals surface area (Å²) in [5.41, 5.74) is 5.03. The molecule has 2 heterocycles. The number of carbonyl (C=O) groups excluding carboxylic acids is 2. The molecule has 1 aromatic heterocycles. The van der Waals surface area contributed by atoms with Crippen LogP contribution in [0.5, 0.6) is 0 Å². The van der Waals surface area contributed by atoms with E-state index in [0.717, 1.165) is 17.8 Å². The molecule has 10 heteroatoms. The van der Waals surface area contributed by atoms with E-state index in [2.05, 4.69) is 9.98 Å². The van der Waals surface area contributed by atoms with Crippen LogP contribution < -0.4 is 5.73 Å². The highest BCUT2D eigenvalue weighted by Crippen LogP contribution is 2.66. The highest BCUT2D eigenvalue weighted by Gasteiger charge is 2.71. The fraction of sp³-hybridized carbons (Fsp3) is 0.333. The maximum atomic E-state index is 14.9. The molecule has 2 aliphatic rings. The third-order valence-corrected chi connectivity index (χ3v) is 7.27. The van der Waals surface area contributed by atoms with Gasteiger partial charge in [0.05, 0.1) is 17.7 Å². The zero-order chi connectivity index (χ0) is 22.6. The van der Waals surface area contributed by atoms with Crippen LogP contribution in [0.3, 0.4) is 0 Å². The number of nitrogens with zero attached hydrogens (tertiary/aromatic N) is 2. The Kier molecular flexibility index (Phi) is 5.29. The predicted molar refractivity (Wildman–Crippen MR) is 113 cm³/mol. The van der Waals surface area contributed by atoms with Crippen LogP contribution in [-0.4, -0.2) is 33.8 Å². The fourth-order valence-corrected chi connectivity index (χ4v) is 5.66. The molecule has 31 heavy (non-hydrogen) atoms. The Morgan fingerprint density at radius 1 is 1.35 bits per heavy atom. The Bertz CT molecular complexity index is 1130. The molecule has 0 unspecified atom stereocenters. The number of hydrogen-bond acceptors (Lipinski definition) is 7. The van der Waals surface area contributed by atoms with Gasteiger partial charge in [-0.3, -0.25) is 19.6 Å². The van der Waals surface area contributed by atoms with Crippen molar-refractivity contribution in [2.24, 2.45) is 16.6 Å². The van der Waals surface area contributed by atoms with E-state index in [9.17, 15) is 18.4 Å². The number of halogens is 3. The fourth-order valence-electron chi connectivity index (χ4n) is 4.15. The summed E-state index contributed by atoms with van der Waals surface area (Å²) in [6.45, 7) is 1.61. The number of ether oxygens (including phenoxy) is 1. The maximum absolute atomic E-state index is 14.9. The van der Waals surface area contributed by atoms with Gasteiger partial charge < -0.3 is 10.5 Å². The minimum atomic E-state index is -1.29. The second-order valence-corrected chi connectivity index (χ2v) is 9.53. The van der Waals surface area contributed by atoms with Gasteiger partial charge in [-0.1, -0.05) is 23.4 Å². The second kappa shape index (κ2) is 7.56. The normalized spacial score (nSPS) is 26.6. The number of carbonyl (C=O) groups is 2. The number of esters is 1. The average Bonchev–Trinajstić information content (AvgIpc) is 3.47. The molecule has 1 fully saturated rings. The lowest BCUT2D eigenvalue weighted by atomic mass is 9.84. The van der Waals surface area contributed by atoms with Gasteiger partial charge in [-0.15, -0.1) is 0 Å². The molecule has 1 saturated carbocycles. The van der Waals surface area contributed by atoms with E-state index >= 15 is 0 Å². The summed E-state index contributed by atoms with van der Waals surface area (Å²) in [6, 6.07) is 5.36. The van der Waals surface area contributed by atoms with Gasteiger partial charge in [-0.05, 0) is 43.2 Å². The Balaban J connectivity index is 1.71. The van der Waals surface area contributed by atoms with Crippen molar-refractivity contribution in [2.75, 3.05) is 7.11 Å². The third kappa shape index (κ3) is 3.59. The highest BCUT2D eigenvalue weighted by atomic mass is 35.5. The number of fused-ring (bicyclic) bond motifs is 1. The summed E-state index contributed by atoms with van der Waals surface area (Å²) in [5, 5.41) is 0.469. The molecule has 0 bridgehead atoms. The van der Waals surface area contributed by atoms with Crippen molar-refractivity contribution < 1.29 is 23.1 Å². The van der Waals surface area contributed by atoms with Gasteiger partial charge in [-0.2, -0.15) is 0 Å². The van der Waals surface area contributed by atoms with Gasteiger partial charge in [-0.25, -0.2) is 8.78 Å². The largest absolute Gasteiger partial charge is 0.468 e. The van der Waals surface area contributed by atoms with Gasteiger partial charge in [0, 0.05) is 24.1 Å². The number of aromatic nitrogens is 1. The SMILES string of the molecule is COC(=O)[C@]12C[C@H]1[C@@](C)(c1cc(CC(=O)c3ccc(Cl)cn3)cc(F)c1F)N=C(N)S2. The number of benzene rings is 1. The van der Waals surface area contributed by atoms with Crippen molar-refractivity contribution in [3.8, 4) is 0 Å². The lowest BCUT2D eigenvalue weighted by Gasteiger charge is -2.33. The maximum Gasteiger partial charge on any atom is 0.322 e. The zero-order valence-electron chi connectivity index (χ0n) is 16.6. The van der Waals surface area contributed by atoms with Crippen LogP contribution in [0, 0.1) is 17.6 Å². The van der Waals surface area contributed by atoms with E-state index in [1.807, 2.05) is 0 Å². The molecule has 2 N–H and O–H groups in total. The first-order chi connectivity index (χ1) is 14.6. The molecular weight excluding hydrogens is 448 g/mol. The van der Waals surface area contributed by atoms with Gasteiger partial charge in [0.25, 0.3) is 0 Å². The van der Waals surface area contributed by atoms with Crippen LogP contribution in [-0.2, 0) is 21.5 Å². The van der Waals surface area contributed by atoms with Crippen molar-refractivity contribution in [3.63, 3.8) is 0 Å². The van der Waals surface area contributed by atoms with E-state index in [0.29, 0.717) is 11.4 Å². The van der Waals surface area contributed by atoms with Crippen molar-refractivity contribution in [2.45, 2.75) is 30.1 Å². The van der Waals surface area contributed by atoms with Crippen molar-refractivity contribution in [1.29, 1.82) is 0 Å². The van der Waals surface area contributed by atoms with Gasteiger partial charge in [0.15, 0.2) is 22.6 Å². The summed E-state index contributed by atoms with van der Waals surface area (Å²) in [5.74, 6) is -3.48. The molecule has 3 atom stereocenters. The molecule has 1 aliphatic carbocycles. The number of rotatable bonds is 5. The minimum absolute atomic E-state index is 0.0570. The van der Waals surface area contributed by atoms with E-state index < -0.39 is 33.8 Å². The van der Waals surface area contributed by atoms with Gasteiger partial charge >= 0.3 is 5.97 Å². The molecule has 0 amide bonds. The standard InChI is InChI=1S/C21H18ClF2N3O3S/c1-20(16-8-21(16,18(29)30-2)31-19(25)27-20)12-5-10(6-13(23)17(12)24)7-15(28)14-4-3-11(22)9-26-14/h3-6,9,16H,7-8H2,1-2H3,(H2,25,27)/t16-,20+,21-/m0/s1. The first kappa shape index (κ1) is 21.7. The zero-order valence-corrected chi connectivity index (χ0v) is 18.2. The van der Waals surface area contributed by atoms with Gasteiger partial charge in [0.1, 0.15) is 10.4 Å². The number of Topliss-reactive ketones (excluding diaryl/α,β-unsaturated/α-hetero) is 1. The monoisotopic (exact) mass is 465 g/mol. The molecule has 0 saturated heterocycles. The summed E-state index contributed by atoms with van der Waals surface area (Å²) < 4.78 is 33.4. The molecule has 162 valence electrons. The number of aliphatic imine (C=N–C) groups is 1. The van der Waals surface area contributed by atoms with Crippen molar-refractivity contribution in [1.82, 2.24) is 4.98 Å². The Labute approximate surface area is 186 Å². The van der Waals surface area contributed by atoms with Crippen molar-refractivity contribution in [3.05, 3.63) is 63.9 Å². The molecule has 2 aromatic rings. The highest BCUT2D eigenvalue weighted by molar-refractivity contribution is 8.15. The molecule has 0 radical (unpaired) electrons. The molecule has 0 spiro atoms. The number of ketones is 1. The number of pyridine rings is 1. The van der Waals surface area contributed by atoms with Crippen molar-refractivity contribution >= 4 is 40.3 Å². The number of amidine groups is 1. The quantitative estimate of drug-likeness (QED) is 0.535. The summed E-state index contributed by atoms with van der Waals surface area (Å²) >= 11 is 6.87. The second-order valence-electron chi connectivity index (χ2n) is 7.74.